The summed E-state index contributed by atoms with van der Waals surface area (Å²) in [4.78, 5) is 25.5. The van der Waals surface area contributed by atoms with Crippen LogP contribution in [0.4, 0.5) is 0 Å². The highest BCUT2D eigenvalue weighted by Gasteiger charge is 2.25. The number of nitrogens with two attached hydrogens (primary N) is 1. The maximum atomic E-state index is 12.1. The second kappa shape index (κ2) is 10.0. The van der Waals surface area contributed by atoms with Crippen LogP contribution >= 0.6 is 12.4 Å². The minimum Gasteiger partial charge on any atom is -0.354 e. The van der Waals surface area contributed by atoms with Gasteiger partial charge in [-0.1, -0.05) is 0 Å². The number of rotatable bonds is 6. The summed E-state index contributed by atoms with van der Waals surface area (Å²) < 4.78 is 0. The Labute approximate surface area is 134 Å². The zero-order chi connectivity index (χ0) is 15.1. The summed E-state index contributed by atoms with van der Waals surface area (Å²) >= 11 is 0. The van der Waals surface area contributed by atoms with Gasteiger partial charge in [0.05, 0.1) is 0 Å². The maximum Gasteiger partial charge on any atom is 0.222 e. The number of nitrogens with zero attached hydrogens (tertiary/aromatic N) is 1. The second-order valence-electron chi connectivity index (χ2n) is 6.18. The molecule has 2 amide bonds. The monoisotopic (exact) mass is 319 g/mol. The topological polar surface area (TPSA) is 75.4 Å². The quantitative estimate of drug-likeness (QED) is 0.782. The lowest BCUT2D eigenvalue weighted by Crippen LogP contribution is -2.45. The number of carbonyl (C=O) groups excluding carboxylic acids is 2. The molecule has 1 aliphatic heterocycles. The molecule has 6 heteroatoms. The van der Waals surface area contributed by atoms with E-state index < -0.39 is 0 Å². The molecule has 0 saturated carbocycles. The van der Waals surface area contributed by atoms with Gasteiger partial charge in [-0.3, -0.25) is 9.59 Å². The molecule has 2 atom stereocenters. The van der Waals surface area contributed by atoms with Crippen molar-refractivity contribution in [2.45, 2.75) is 65.0 Å². The lowest BCUT2D eigenvalue weighted by Gasteiger charge is -2.34. The van der Waals surface area contributed by atoms with E-state index in [9.17, 15) is 9.59 Å². The van der Waals surface area contributed by atoms with E-state index in [1.54, 1.807) is 0 Å². The van der Waals surface area contributed by atoms with Gasteiger partial charge < -0.3 is 16.0 Å². The van der Waals surface area contributed by atoms with Crippen LogP contribution in [-0.4, -0.2) is 41.9 Å². The third-order valence-electron chi connectivity index (χ3n) is 3.80. The predicted octanol–water partition coefficient (Wildman–Crippen LogP) is 1.69. The average molecular weight is 320 g/mol. The third kappa shape index (κ3) is 7.67. The summed E-state index contributed by atoms with van der Waals surface area (Å²) in [5, 5.41) is 2.84. The Hall–Kier alpha value is -0.810. The molecule has 0 aliphatic carbocycles. The maximum absolute atomic E-state index is 12.1. The Balaban J connectivity index is 0.00000400. The summed E-state index contributed by atoms with van der Waals surface area (Å²) in [5.41, 5.74) is 5.92. The highest BCUT2D eigenvalue weighted by Crippen LogP contribution is 2.19. The average Bonchev–Trinajstić information content (AvgIpc) is 2.37. The van der Waals surface area contributed by atoms with E-state index in [-0.39, 0.29) is 36.3 Å². The fourth-order valence-corrected chi connectivity index (χ4v) is 2.62. The van der Waals surface area contributed by atoms with E-state index in [1.807, 2.05) is 25.7 Å². The molecule has 3 N–H and O–H groups in total. The molecular formula is C15H30ClN3O2. The van der Waals surface area contributed by atoms with Crippen molar-refractivity contribution >= 4 is 24.2 Å². The van der Waals surface area contributed by atoms with Gasteiger partial charge >= 0.3 is 0 Å². The van der Waals surface area contributed by atoms with Crippen LogP contribution in [0.15, 0.2) is 0 Å². The number of halogens is 1. The van der Waals surface area contributed by atoms with Crippen LogP contribution in [0.3, 0.4) is 0 Å². The predicted molar refractivity (Wildman–Crippen MR) is 87.3 cm³/mol. The van der Waals surface area contributed by atoms with Crippen LogP contribution < -0.4 is 11.1 Å². The molecule has 2 unspecified atom stereocenters. The number of carbonyl (C=O) groups is 2. The summed E-state index contributed by atoms with van der Waals surface area (Å²) in [6.07, 6.45) is 3.65. The number of likely N-dealkylation sites (tertiary alicyclic amines) is 1. The second-order valence-corrected chi connectivity index (χ2v) is 6.18. The van der Waals surface area contributed by atoms with Gasteiger partial charge in [0.15, 0.2) is 0 Å². The Morgan fingerprint density at radius 1 is 1.29 bits per heavy atom. The third-order valence-corrected chi connectivity index (χ3v) is 3.80. The summed E-state index contributed by atoms with van der Waals surface area (Å²) in [6, 6.07) is 0.300. The van der Waals surface area contributed by atoms with Crippen molar-refractivity contribution in [3.63, 3.8) is 0 Å². The fraction of sp³-hybridized carbons (Fsp3) is 0.867. The molecule has 5 nitrogen and oxygen atoms in total. The molecular weight excluding hydrogens is 290 g/mol. The number of hydrogen-bond donors (Lipinski definition) is 2. The van der Waals surface area contributed by atoms with E-state index in [4.69, 9.17) is 5.73 Å². The fourth-order valence-electron chi connectivity index (χ4n) is 2.62. The first-order chi connectivity index (χ1) is 9.40. The molecule has 0 radical (unpaired) electrons. The zero-order valence-electron chi connectivity index (χ0n) is 13.4. The Bertz CT molecular complexity index is 335. The van der Waals surface area contributed by atoms with Crippen molar-refractivity contribution in [1.82, 2.24) is 10.2 Å². The van der Waals surface area contributed by atoms with Gasteiger partial charge in [-0.25, -0.2) is 0 Å². The Morgan fingerprint density at radius 3 is 2.52 bits per heavy atom. The molecule has 0 aromatic rings. The molecule has 124 valence electrons. The van der Waals surface area contributed by atoms with Gasteiger partial charge in [-0.2, -0.15) is 0 Å². The molecule has 0 bridgehead atoms. The van der Waals surface area contributed by atoms with Crippen molar-refractivity contribution in [2.75, 3.05) is 13.1 Å². The standard InChI is InChI=1S/C15H29N3O2.ClH/c1-11(2)17-14(19)7-4-8-15(20)18-9-5-6-13(10-18)12(3)16;/h11-13H,4-10,16H2,1-3H3,(H,17,19);1H. The number of piperidine rings is 1. The van der Waals surface area contributed by atoms with Crippen LogP contribution in [-0.2, 0) is 9.59 Å². The number of hydrogen-bond acceptors (Lipinski definition) is 3. The van der Waals surface area contributed by atoms with Gasteiger partial charge in [-0.15, -0.1) is 12.4 Å². The highest BCUT2D eigenvalue weighted by atomic mass is 35.5. The van der Waals surface area contributed by atoms with Crippen LogP contribution in [0.5, 0.6) is 0 Å². The molecule has 1 aliphatic rings. The van der Waals surface area contributed by atoms with Gasteiger partial charge in [0, 0.05) is 38.0 Å². The molecule has 1 fully saturated rings. The van der Waals surface area contributed by atoms with Crippen molar-refractivity contribution < 1.29 is 9.59 Å². The number of amides is 2. The van der Waals surface area contributed by atoms with Crippen LogP contribution in [0.1, 0.15) is 52.9 Å². The first-order valence-corrected chi connectivity index (χ1v) is 7.73. The van der Waals surface area contributed by atoms with Crippen molar-refractivity contribution in [2.24, 2.45) is 11.7 Å². The molecule has 1 heterocycles. The van der Waals surface area contributed by atoms with Gasteiger partial charge in [0.25, 0.3) is 0 Å². The molecule has 21 heavy (non-hydrogen) atoms. The molecule has 1 rings (SSSR count). The van der Waals surface area contributed by atoms with E-state index in [0.29, 0.717) is 25.2 Å². The minimum atomic E-state index is 0. The SMILES string of the molecule is CC(C)NC(=O)CCCC(=O)N1CCCC(C(C)N)C1.Cl. The first-order valence-electron chi connectivity index (χ1n) is 7.73. The van der Waals surface area contributed by atoms with E-state index >= 15 is 0 Å². The van der Waals surface area contributed by atoms with Crippen molar-refractivity contribution in [1.29, 1.82) is 0 Å². The van der Waals surface area contributed by atoms with Gasteiger partial charge in [0.2, 0.25) is 11.8 Å². The Kier molecular flexibility index (Phi) is 9.62. The smallest absolute Gasteiger partial charge is 0.222 e. The first kappa shape index (κ1) is 20.2. The number of nitrogens with one attached hydrogen (secondary N) is 1. The van der Waals surface area contributed by atoms with Gasteiger partial charge in [-0.05, 0) is 46.0 Å². The molecule has 0 aromatic carbocycles. The molecule has 0 spiro atoms. The normalized spacial score (nSPS) is 19.9. The summed E-state index contributed by atoms with van der Waals surface area (Å²) in [5.74, 6) is 0.601. The lowest BCUT2D eigenvalue weighted by molar-refractivity contribution is -0.133. The molecule has 0 aromatic heterocycles. The van der Waals surface area contributed by atoms with Crippen molar-refractivity contribution in [3.8, 4) is 0 Å². The lowest BCUT2D eigenvalue weighted by atomic mass is 9.92. The molecule has 1 saturated heterocycles. The van der Waals surface area contributed by atoms with E-state index in [2.05, 4.69) is 5.32 Å². The summed E-state index contributed by atoms with van der Waals surface area (Å²) in [6.45, 7) is 7.49. The van der Waals surface area contributed by atoms with E-state index in [1.165, 1.54) is 0 Å². The minimum absolute atomic E-state index is 0. The van der Waals surface area contributed by atoms with Crippen LogP contribution in [0.25, 0.3) is 0 Å². The van der Waals surface area contributed by atoms with E-state index in [0.717, 1.165) is 25.9 Å². The summed E-state index contributed by atoms with van der Waals surface area (Å²) in [7, 11) is 0. The van der Waals surface area contributed by atoms with Crippen LogP contribution in [0.2, 0.25) is 0 Å². The van der Waals surface area contributed by atoms with Gasteiger partial charge in [0.1, 0.15) is 0 Å². The van der Waals surface area contributed by atoms with Crippen molar-refractivity contribution in [3.05, 3.63) is 0 Å². The van der Waals surface area contributed by atoms with Crippen LogP contribution in [0, 0.1) is 5.92 Å². The Morgan fingerprint density at radius 2 is 1.95 bits per heavy atom. The highest BCUT2D eigenvalue weighted by molar-refractivity contribution is 5.85. The largest absolute Gasteiger partial charge is 0.354 e. The zero-order valence-corrected chi connectivity index (χ0v) is 14.2.